The molecule has 25 heavy (non-hydrogen) atoms. The van der Waals surface area contributed by atoms with Crippen LogP contribution in [0.25, 0.3) is 0 Å². The number of nitrogens with zero attached hydrogens (tertiary/aromatic N) is 1. The van der Waals surface area contributed by atoms with Crippen LogP contribution in [0.3, 0.4) is 0 Å². The summed E-state index contributed by atoms with van der Waals surface area (Å²) in [5.41, 5.74) is -0.749. The average molecular weight is 458 g/mol. The number of nitrogens with one attached hydrogen (secondary N) is 1. The first-order chi connectivity index (χ1) is 12.0. The maximum absolute atomic E-state index is 12.0. The van der Waals surface area contributed by atoms with Gasteiger partial charge in [0.2, 0.25) is 0 Å². The topological polar surface area (TPSA) is 111 Å². The molecule has 4 atom stereocenters. The molecule has 2 heterocycles. The zero-order valence-corrected chi connectivity index (χ0v) is 15.0. The van der Waals surface area contributed by atoms with E-state index in [4.69, 9.17) is 9.47 Å². The second-order valence-electron chi connectivity index (χ2n) is 5.48. The SMILES string of the molecule is O=C(OC[C@H]1O[C@@H](n2ccc(=O)[nH]c2=O)[C@H](I)[C@@H]1O)c1ccccc1. The first-order valence-corrected chi connectivity index (χ1v) is 8.73. The standard InChI is InChI=1S/C16H15IN2O6/c17-12-13(21)10(8-24-15(22)9-4-2-1-3-5-9)25-14(12)19-7-6-11(20)18-16(19)23/h1-7,10,12-14,21H,8H2,(H,18,20,23)/t10-,12-,13-,14-/m1/s1. The number of esters is 1. The van der Waals surface area contributed by atoms with Gasteiger partial charge in [-0.3, -0.25) is 14.3 Å². The van der Waals surface area contributed by atoms with E-state index in [-0.39, 0.29) is 6.61 Å². The molecule has 9 heteroatoms. The van der Waals surface area contributed by atoms with Crippen molar-refractivity contribution in [3.8, 4) is 0 Å². The van der Waals surface area contributed by atoms with E-state index in [2.05, 4.69) is 4.98 Å². The number of benzene rings is 1. The molecule has 0 aliphatic carbocycles. The number of halogens is 1. The minimum atomic E-state index is -0.937. The van der Waals surface area contributed by atoms with Gasteiger partial charge in [-0.2, -0.15) is 0 Å². The van der Waals surface area contributed by atoms with Gasteiger partial charge in [0.15, 0.2) is 6.23 Å². The zero-order chi connectivity index (χ0) is 18.0. The number of aromatic nitrogens is 2. The van der Waals surface area contributed by atoms with E-state index in [1.807, 2.05) is 22.6 Å². The van der Waals surface area contributed by atoms with Crippen molar-refractivity contribution in [3.05, 3.63) is 69.0 Å². The fourth-order valence-electron chi connectivity index (χ4n) is 2.51. The maximum atomic E-state index is 12.0. The van der Waals surface area contributed by atoms with Gasteiger partial charge in [-0.25, -0.2) is 9.59 Å². The molecule has 2 N–H and O–H groups in total. The van der Waals surface area contributed by atoms with Crippen LogP contribution in [-0.4, -0.2) is 43.4 Å². The molecular weight excluding hydrogens is 443 g/mol. The Morgan fingerprint density at radius 3 is 2.68 bits per heavy atom. The summed E-state index contributed by atoms with van der Waals surface area (Å²) in [4.78, 5) is 37.2. The molecule has 0 radical (unpaired) electrons. The number of rotatable bonds is 4. The summed E-state index contributed by atoms with van der Waals surface area (Å²) in [6.45, 7) is -0.150. The first-order valence-electron chi connectivity index (χ1n) is 7.48. The Kier molecular flexibility index (Phi) is 5.35. The first kappa shape index (κ1) is 17.8. The van der Waals surface area contributed by atoms with Crippen molar-refractivity contribution in [2.45, 2.75) is 22.4 Å². The Balaban J connectivity index is 1.69. The normalized spacial score (nSPS) is 25.7. The van der Waals surface area contributed by atoms with E-state index in [1.165, 1.54) is 16.8 Å². The van der Waals surface area contributed by atoms with Gasteiger partial charge < -0.3 is 14.6 Å². The number of ether oxygens (including phenoxy) is 2. The molecule has 1 saturated heterocycles. The van der Waals surface area contributed by atoms with Crippen molar-refractivity contribution >= 4 is 28.6 Å². The highest BCUT2D eigenvalue weighted by molar-refractivity contribution is 14.1. The highest BCUT2D eigenvalue weighted by Crippen LogP contribution is 2.34. The summed E-state index contributed by atoms with van der Waals surface area (Å²) in [5.74, 6) is -0.522. The van der Waals surface area contributed by atoms with Crippen molar-refractivity contribution in [2.75, 3.05) is 6.61 Å². The summed E-state index contributed by atoms with van der Waals surface area (Å²) in [7, 11) is 0. The van der Waals surface area contributed by atoms with Gasteiger partial charge in [-0.05, 0) is 12.1 Å². The number of aliphatic hydroxyl groups is 1. The fraction of sp³-hybridized carbons (Fsp3) is 0.312. The van der Waals surface area contributed by atoms with Crippen molar-refractivity contribution in [1.29, 1.82) is 0 Å². The largest absolute Gasteiger partial charge is 0.459 e. The number of hydrogen-bond donors (Lipinski definition) is 2. The lowest BCUT2D eigenvalue weighted by Gasteiger charge is -2.16. The third kappa shape index (κ3) is 3.83. The molecule has 0 unspecified atom stereocenters. The second-order valence-corrected chi connectivity index (χ2v) is 6.92. The maximum Gasteiger partial charge on any atom is 0.338 e. The summed E-state index contributed by atoms with van der Waals surface area (Å²) in [5, 5.41) is 10.3. The summed E-state index contributed by atoms with van der Waals surface area (Å²) >= 11 is 1.97. The van der Waals surface area contributed by atoms with Crippen molar-refractivity contribution in [2.24, 2.45) is 0 Å². The van der Waals surface area contributed by atoms with E-state index in [0.29, 0.717) is 5.56 Å². The molecule has 132 valence electrons. The van der Waals surface area contributed by atoms with Crippen LogP contribution in [0.15, 0.2) is 52.2 Å². The van der Waals surface area contributed by atoms with Gasteiger partial charge in [0.25, 0.3) is 5.56 Å². The predicted molar refractivity (Wildman–Crippen MR) is 95.8 cm³/mol. The zero-order valence-electron chi connectivity index (χ0n) is 12.9. The van der Waals surface area contributed by atoms with Crippen LogP contribution in [0.4, 0.5) is 0 Å². The Morgan fingerprint density at radius 2 is 2.00 bits per heavy atom. The van der Waals surface area contributed by atoms with Crippen LogP contribution >= 0.6 is 22.6 Å². The Hall–Kier alpha value is -1.98. The van der Waals surface area contributed by atoms with Gasteiger partial charge >= 0.3 is 11.7 Å². The Morgan fingerprint density at radius 1 is 1.28 bits per heavy atom. The molecule has 0 saturated carbocycles. The fourth-order valence-corrected chi connectivity index (χ4v) is 3.49. The van der Waals surface area contributed by atoms with Crippen molar-refractivity contribution in [3.63, 3.8) is 0 Å². The monoisotopic (exact) mass is 458 g/mol. The number of carbonyl (C=O) groups excluding carboxylic acids is 1. The molecule has 2 aromatic rings. The minimum Gasteiger partial charge on any atom is -0.459 e. The van der Waals surface area contributed by atoms with Crippen LogP contribution in [0.2, 0.25) is 0 Å². The molecule has 3 rings (SSSR count). The highest BCUT2D eigenvalue weighted by Gasteiger charge is 2.44. The highest BCUT2D eigenvalue weighted by atomic mass is 127. The van der Waals surface area contributed by atoms with E-state index in [9.17, 15) is 19.5 Å². The number of H-pyrrole nitrogens is 1. The minimum absolute atomic E-state index is 0.150. The molecule has 1 fully saturated rings. The molecule has 8 nitrogen and oxygen atoms in total. The number of alkyl halides is 1. The Bertz CT molecular complexity index is 865. The van der Waals surface area contributed by atoms with Crippen molar-refractivity contribution < 1.29 is 19.4 Å². The number of carbonyl (C=O) groups is 1. The number of aromatic amines is 1. The van der Waals surface area contributed by atoms with Crippen LogP contribution in [0.1, 0.15) is 16.6 Å². The lowest BCUT2D eigenvalue weighted by atomic mass is 10.2. The van der Waals surface area contributed by atoms with Crippen LogP contribution < -0.4 is 11.2 Å². The van der Waals surface area contributed by atoms with Gasteiger partial charge in [-0.1, -0.05) is 40.8 Å². The van der Waals surface area contributed by atoms with Crippen molar-refractivity contribution in [1.82, 2.24) is 9.55 Å². The van der Waals surface area contributed by atoms with Gasteiger partial charge in [0.05, 0.1) is 15.6 Å². The molecule has 1 aliphatic heterocycles. The average Bonchev–Trinajstić information content (AvgIpc) is 2.89. The molecule has 1 aromatic carbocycles. The lowest BCUT2D eigenvalue weighted by Crippen LogP contribution is -2.35. The predicted octanol–water partition coefficient (Wildman–Crippen LogP) is 0.455. The molecule has 0 spiro atoms. The molecule has 1 aliphatic rings. The van der Waals surface area contributed by atoms with E-state index in [1.54, 1.807) is 30.3 Å². The van der Waals surface area contributed by atoms with Crippen LogP contribution in [-0.2, 0) is 9.47 Å². The summed E-state index contributed by atoms with van der Waals surface area (Å²) in [6, 6.07) is 9.67. The smallest absolute Gasteiger partial charge is 0.338 e. The number of hydrogen-bond acceptors (Lipinski definition) is 6. The van der Waals surface area contributed by atoms with E-state index in [0.717, 1.165) is 0 Å². The van der Waals surface area contributed by atoms with E-state index < -0.39 is 39.6 Å². The van der Waals surface area contributed by atoms with Gasteiger partial charge in [-0.15, -0.1) is 0 Å². The van der Waals surface area contributed by atoms with Crippen LogP contribution in [0.5, 0.6) is 0 Å². The van der Waals surface area contributed by atoms with Crippen LogP contribution in [0, 0.1) is 0 Å². The molecular formula is C16H15IN2O6. The Labute approximate surface area is 155 Å². The summed E-state index contributed by atoms with van der Waals surface area (Å²) < 4.78 is 11.6. The third-order valence-electron chi connectivity index (χ3n) is 3.81. The molecule has 1 aromatic heterocycles. The van der Waals surface area contributed by atoms with Gasteiger partial charge in [0, 0.05) is 12.3 Å². The molecule has 0 bridgehead atoms. The third-order valence-corrected chi connectivity index (χ3v) is 5.16. The number of aliphatic hydroxyl groups excluding tert-OH is 1. The van der Waals surface area contributed by atoms with Gasteiger partial charge in [0.1, 0.15) is 12.7 Å². The van der Waals surface area contributed by atoms with E-state index >= 15 is 0 Å². The summed E-state index contributed by atoms with van der Waals surface area (Å²) in [6.07, 6.45) is -1.19. The quantitative estimate of drug-likeness (QED) is 0.392. The lowest BCUT2D eigenvalue weighted by molar-refractivity contribution is -0.0529. The second kappa shape index (κ2) is 7.50. The molecule has 0 amide bonds.